The van der Waals surface area contributed by atoms with Crippen LogP contribution in [0.4, 0.5) is 5.69 Å². The number of aromatic hydroxyl groups is 1. The molecule has 11 nitrogen and oxygen atoms in total. The van der Waals surface area contributed by atoms with Gasteiger partial charge in [0.1, 0.15) is 17.1 Å². The Bertz CT molecular complexity index is 1310. The smallest absolute Gasteiger partial charge is 0.255 e. The maximum absolute atomic E-state index is 13.6. The highest BCUT2D eigenvalue weighted by atomic mass is 16.3. The van der Waals surface area contributed by atoms with Crippen LogP contribution in [-0.4, -0.2) is 77.3 Å². The summed E-state index contributed by atoms with van der Waals surface area (Å²) in [5.41, 5.74) is 4.95. The van der Waals surface area contributed by atoms with E-state index in [0.717, 1.165) is 0 Å². The molecule has 0 saturated carbocycles. The van der Waals surface area contributed by atoms with Crippen molar-refractivity contribution in [1.29, 1.82) is 0 Å². The minimum Gasteiger partial charge on any atom is -0.511 e. The molecule has 0 heterocycles. The van der Waals surface area contributed by atoms with Crippen LogP contribution < -0.4 is 11.1 Å². The number of rotatable bonds is 6. The number of allylic oxidation sites excluding steroid dienone is 2. The second kappa shape index (κ2) is 9.51. The number of benzene rings is 1. The van der Waals surface area contributed by atoms with Crippen molar-refractivity contribution in [2.45, 2.75) is 31.7 Å². The number of Topliss-reactive ketones (excluding diaryl/α,β-unsaturated/α-hetero) is 2. The molecule has 0 spiro atoms. The largest absolute Gasteiger partial charge is 0.511 e. The number of nitrogens with zero attached hydrogens (tertiary/aromatic N) is 1. The molecule has 1 unspecified atom stereocenters. The van der Waals surface area contributed by atoms with E-state index in [1.54, 1.807) is 25.1 Å². The number of hydrogen-bond acceptors (Lipinski definition) is 9. The third-order valence-corrected chi connectivity index (χ3v) is 7.42. The fourth-order valence-corrected chi connectivity index (χ4v) is 5.85. The number of primary amides is 1. The van der Waals surface area contributed by atoms with E-state index in [0.29, 0.717) is 5.56 Å². The van der Waals surface area contributed by atoms with Gasteiger partial charge in [-0.1, -0.05) is 6.07 Å². The van der Waals surface area contributed by atoms with Crippen LogP contribution in [0.1, 0.15) is 35.2 Å². The number of nitrogens with one attached hydrogen (secondary N) is 1. The molecule has 3 aliphatic rings. The molecule has 2 amide bonds. The van der Waals surface area contributed by atoms with Gasteiger partial charge in [-0.15, -0.1) is 0 Å². The Balaban J connectivity index is 1.76. The summed E-state index contributed by atoms with van der Waals surface area (Å²) in [7, 11) is 4.68. The van der Waals surface area contributed by atoms with E-state index in [1.807, 2.05) is 0 Å². The van der Waals surface area contributed by atoms with Crippen molar-refractivity contribution >= 4 is 42.6 Å². The first-order valence-corrected chi connectivity index (χ1v) is 11.9. The van der Waals surface area contributed by atoms with Crippen LogP contribution in [-0.2, 0) is 25.6 Å². The Morgan fingerprint density at radius 3 is 2.38 bits per heavy atom. The maximum Gasteiger partial charge on any atom is 0.255 e. The van der Waals surface area contributed by atoms with Gasteiger partial charge in [-0.05, 0) is 50.4 Å². The number of ketones is 2. The first kappa shape index (κ1) is 26.1. The molecule has 4 rings (SSSR count). The molecule has 0 fully saturated rings. The lowest BCUT2D eigenvalue weighted by atomic mass is 9.61. The highest BCUT2D eigenvalue weighted by Gasteiger charge is 2.54. The van der Waals surface area contributed by atoms with Crippen LogP contribution in [0.25, 0.3) is 0 Å². The number of phenolic OH excluding ortho intramolecular Hbond substituents is 1. The van der Waals surface area contributed by atoms with Crippen molar-refractivity contribution < 1.29 is 39.3 Å². The molecule has 3 aliphatic carbocycles. The fraction of sp³-hybridized carbons (Fsp3) is 0.400. The number of carbonyl (C=O) groups is 5. The zero-order chi connectivity index (χ0) is 27.3. The molecular weight excluding hydrogens is 481 g/mol. The minimum absolute atomic E-state index is 0.0156. The highest BCUT2D eigenvalue weighted by molar-refractivity contribution is 6.57. The number of amides is 2. The van der Waals surface area contributed by atoms with Gasteiger partial charge < -0.3 is 31.2 Å². The third-order valence-electron chi connectivity index (χ3n) is 7.42. The van der Waals surface area contributed by atoms with Crippen LogP contribution in [0.15, 0.2) is 34.8 Å². The van der Waals surface area contributed by atoms with E-state index < -0.39 is 70.0 Å². The minimum atomic E-state index is -1.26. The van der Waals surface area contributed by atoms with Crippen molar-refractivity contribution in [3.05, 3.63) is 45.9 Å². The number of hydrogen-bond donors (Lipinski definition) is 5. The zero-order valence-corrected chi connectivity index (χ0v) is 20.7. The first-order chi connectivity index (χ1) is 17.3. The van der Waals surface area contributed by atoms with Crippen molar-refractivity contribution in [2.75, 3.05) is 19.4 Å². The number of likely N-dealkylation sites (N-methyl/N-ethyl adjacent to an activating group) is 1. The summed E-state index contributed by atoms with van der Waals surface area (Å²) in [4.78, 5) is 63.8. The Morgan fingerprint density at radius 2 is 1.78 bits per heavy atom. The Labute approximate surface area is 213 Å². The SMILES string of the molecule is BC(=O)CCC(=O)Nc1ccc2c(c1O)C(=O)C1=C(O)C3C(=O)C(C(N)=O)=C(O)[C@@H](N(C)C)[C@@H]3C[C@@H]1C2. The first-order valence-electron chi connectivity index (χ1n) is 11.9. The molecule has 6 N–H and O–H groups in total. The molecule has 0 saturated heterocycles. The summed E-state index contributed by atoms with van der Waals surface area (Å²) < 4.78 is 0. The second-order valence-electron chi connectivity index (χ2n) is 10.0. The van der Waals surface area contributed by atoms with Gasteiger partial charge in [0.05, 0.1) is 28.9 Å². The standard InChI is InChI=1S/C25H28BN3O8/c1-29(2)19-11-8-10-7-9-3-4-12(28-14(31)6-5-13(26)30)20(32)15(9)21(33)16(10)22(34)17(11)23(35)18(24(19)36)25(27)37/h3-4,10-11,17,19,32,34,36H,5-8,26H2,1-2H3,(H2,27,37)(H,28,31)/t10-,11+,17?,19-/m0/s1. The van der Waals surface area contributed by atoms with Crippen LogP contribution in [0.2, 0.25) is 0 Å². The van der Waals surface area contributed by atoms with Crippen molar-refractivity contribution in [2.24, 2.45) is 23.5 Å². The quantitative estimate of drug-likeness (QED) is 0.198. The predicted octanol–water partition coefficient (Wildman–Crippen LogP) is -0.116. The van der Waals surface area contributed by atoms with Gasteiger partial charge in [0.2, 0.25) is 5.91 Å². The lowest BCUT2D eigenvalue weighted by molar-refractivity contribution is -0.127. The molecule has 0 radical (unpaired) electrons. The van der Waals surface area contributed by atoms with Crippen molar-refractivity contribution in [3.63, 3.8) is 0 Å². The van der Waals surface area contributed by atoms with Crippen LogP contribution in [0.3, 0.4) is 0 Å². The van der Waals surface area contributed by atoms with E-state index in [2.05, 4.69) is 5.32 Å². The number of aliphatic hydroxyl groups is 2. The van der Waals surface area contributed by atoms with Gasteiger partial charge in [-0.25, -0.2) is 0 Å². The molecule has 1 aromatic carbocycles. The molecule has 0 aliphatic heterocycles. The molecular formula is C25H28BN3O8. The average molecular weight is 509 g/mol. The number of anilines is 1. The molecule has 0 bridgehead atoms. The number of nitrogens with two attached hydrogens (primary N) is 1. The van der Waals surface area contributed by atoms with Gasteiger partial charge in [-0.3, -0.25) is 24.1 Å². The third kappa shape index (κ3) is 4.31. The molecule has 1 aromatic rings. The van der Waals surface area contributed by atoms with Crippen LogP contribution in [0, 0.1) is 17.8 Å². The van der Waals surface area contributed by atoms with E-state index in [4.69, 9.17) is 5.73 Å². The number of aliphatic hydroxyl groups excluding tert-OH is 2. The average Bonchev–Trinajstić information content (AvgIpc) is 2.78. The molecule has 12 heteroatoms. The summed E-state index contributed by atoms with van der Waals surface area (Å²) in [6.45, 7) is 0. The fourth-order valence-electron chi connectivity index (χ4n) is 5.85. The van der Waals surface area contributed by atoms with Gasteiger partial charge in [0, 0.05) is 18.4 Å². The normalized spacial score (nSPS) is 24.9. The molecule has 37 heavy (non-hydrogen) atoms. The van der Waals surface area contributed by atoms with Crippen LogP contribution in [0.5, 0.6) is 5.75 Å². The number of carbonyl (C=O) groups excluding carboxylic acids is 5. The summed E-state index contributed by atoms with van der Waals surface area (Å²) >= 11 is 0. The van der Waals surface area contributed by atoms with Gasteiger partial charge in [0.15, 0.2) is 25.2 Å². The summed E-state index contributed by atoms with van der Waals surface area (Å²) in [5, 5.41) is 35.4. The monoisotopic (exact) mass is 509 g/mol. The van der Waals surface area contributed by atoms with Gasteiger partial charge in [0.25, 0.3) is 5.91 Å². The highest BCUT2D eigenvalue weighted by Crippen LogP contribution is 2.50. The Hall–Kier alpha value is -3.93. The molecule has 0 aromatic heterocycles. The number of phenols is 1. The summed E-state index contributed by atoms with van der Waals surface area (Å²) in [6.07, 6.45) is 0.455. The topological polar surface area (TPSA) is 187 Å². The molecule has 194 valence electrons. The maximum atomic E-state index is 13.6. The summed E-state index contributed by atoms with van der Waals surface area (Å²) in [5.74, 6) is -7.01. The Morgan fingerprint density at radius 1 is 1.11 bits per heavy atom. The van der Waals surface area contributed by atoms with Crippen molar-refractivity contribution in [1.82, 2.24) is 4.90 Å². The van der Waals surface area contributed by atoms with Crippen LogP contribution >= 0.6 is 0 Å². The Kier molecular flexibility index (Phi) is 6.72. The van der Waals surface area contributed by atoms with Gasteiger partial charge >= 0.3 is 0 Å². The van der Waals surface area contributed by atoms with E-state index in [-0.39, 0.29) is 48.2 Å². The zero-order valence-electron chi connectivity index (χ0n) is 20.7. The van der Waals surface area contributed by atoms with E-state index in [1.165, 1.54) is 13.9 Å². The lowest BCUT2D eigenvalue weighted by Gasteiger charge is -2.46. The molecule has 4 atom stereocenters. The van der Waals surface area contributed by atoms with E-state index >= 15 is 0 Å². The lowest BCUT2D eigenvalue weighted by Crippen LogP contribution is -2.53. The predicted molar refractivity (Wildman–Crippen MR) is 134 cm³/mol. The van der Waals surface area contributed by atoms with Crippen molar-refractivity contribution in [3.8, 4) is 5.75 Å². The second-order valence-corrected chi connectivity index (χ2v) is 10.0. The number of fused-ring (bicyclic) bond motifs is 3. The summed E-state index contributed by atoms with van der Waals surface area (Å²) in [6, 6.07) is 2.28. The van der Waals surface area contributed by atoms with E-state index in [9.17, 15) is 39.3 Å². The van der Waals surface area contributed by atoms with Gasteiger partial charge in [-0.2, -0.15) is 0 Å².